The molecule has 2 aromatic heterocycles. The Morgan fingerprint density at radius 3 is 2.54 bits per heavy atom. The highest BCUT2D eigenvalue weighted by atomic mass is 35.5. The first-order valence-electron chi connectivity index (χ1n) is 14.8. The number of carboxylic acids is 1. The van der Waals surface area contributed by atoms with E-state index in [0.717, 1.165) is 10.2 Å². The Labute approximate surface area is 286 Å². The molecule has 2 aromatic carbocycles. The molecule has 0 radical (unpaired) electrons. The van der Waals surface area contributed by atoms with Crippen molar-refractivity contribution in [3.05, 3.63) is 83.0 Å². The highest BCUT2D eigenvalue weighted by Crippen LogP contribution is 2.34. The SMILES string of the molecule is COC(=O)Nc1ccc2c(c1)NC(=O)[C@H](C)CCC[C@H](NC(=O)c1cnn(-c3cccc(Cl)c3F)c1N)c1cc-2ccn1.O=C(O)C(F)(F)F. The van der Waals surface area contributed by atoms with Crippen LogP contribution in [0.1, 0.15) is 48.3 Å². The van der Waals surface area contributed by atoms with Crippen LogP contribution in [0.4, 0.5) is 39.5 Å². The molecule has 0 spiro atoms. The average molecular weight is 720 g/mol. The van der Waals surface area contributed by atoms with Crippen molar-refractivity contribution in [1.29, 1.82) is 0 Å². The number of carbonyl (C=O) groups excluding carboxylic acids is 3. The van der Waals surface area contributed by atoms with E-state index in [1.54, 1.807) is 36.5 Å². The molecule has 264 valence electrons. The Morgan fingerprint density at radius 2 is 1.86 bits per heavy atom. The Kier molecular flexibility index (Phi) is 11.6. The molecule has 3 amide bonds. The number of rotatable bonds is 4. The Balaban J connectivity index is 0.000000727. The first-order chi connectivity index (χ1) is 23.6. The monoisotopic (exact) mass is 719 g/mol. The minimum Gasteiger partial charge on any atom is -0.475 e. The summed E-state index contributed by atoms with van der Waals surface area (Å²) in [5, 5.41) is 19.7. The lowest BCUT2D eigenvalue weighted by Gasteiger charge is -2.22. The van der Waals surface area contributed by atoms with Crippen LogP contribution in [0.3, 0.4) is 0 Å². The van der Waals surface area contributed by atoms with Crippen LogP contribution in [0.5, 0.6) is 0 Å². The predicted molar refractivity (Wildman–Crippen MR) is 174 cm³/mol. The Hall–Kier alpha value is -5.71. The van der Waals surface area contributed by atoms with E-state index in [-0.39, 0.29) is 33.9 Å². The van der Waals surface area contributed by atoms with Crippen molar-refractivity contribution < 1.29 is 46.6 Å². The third-order valence-electron chi connectivity index (χ3n) is 7.49. The number of nitrogens with one attached hydrogen (secondary N) is 3. The van der Waals surface area contributed by atoms with Gasteiger partial charge in [0.05, 0.1) is 35.8 Å². The van der Waals surface area contributed by atoms with E-state index >= 15 is 0 Å². The molecule has 0 aliphatic carbocycles. The summed E-state index contributed by atoms with van der Waals surface area (Å²) in [5.41, 5.74) is 9.28. The van der Waals surface area contributed by atoms with E-state index in [0.29, 0.717) is 41.9 Å². The summed E-state index contributed by atoms with van der Waals surface area (Å²) in [6, 6.07) is 12.6. The third-order valence-corrected chi connectivity index (χ3v) is 7.79. The fourth-order valence-corrected chi connectivity index (χ4v) is 5.05. The molecule has 2 atom stereocenters. The highest BCUT2D eigenvalue weighted by Gasteiger charge is 2.38. The molecule has 6 N–H and O–H groups in total. The summed E-state index contributed by atoms with van der Waals surface area (Å²) in [4.78, 5) is 51.8. The van der Waals surface area contributed by atoms with Gasteiger partial charge in [-0.05, 0) is 54.8 Å². The number of carboxylic acid groups (broad SMARTS) is 1. The van der Waals surface area contributed by atoms with Crippen molar-refractivity contribution in [3.8, 4) is 16.8 Å². The predicted octanol–water partition coefficient (Wildman–Crippen LogP) is 6.35. The van der Waals surface area contributed by atoms with Crippen molar-refractivity contribution in [2.45, 2.75) is 38.4 Å². The smallest absolute Gasteiger partial charge is 0.475 e. The van der Waals surface area contributed by atoms with E-state index in [1.807, 2.05) is 13.0 Å². The average Bonchev–Trinajstić information content (AvgIpc) is 3.45. The summed E-state index contributed by atoms with van der Waals surface area (Å²) in [7, 11) is 1.26. The van der Waals surface area contributed by atoms with Crippen LogP contribution in [0.2, 0.25) is 5.02 Å². The summed E-state index contributed by atoms with van der Waals surface area (Å²) in [6.07, 6.45) is -1.19. The zero-order valence-corrected chi connectivity index (χ0v) is 27.1. The minimum absolute atomic E-state index is 0.0142. The van der Waals surface area contributed by atoms with E-state index in [2.05, 4.69) is 30.8 Å². The lowest BCUT2D eigenvalue weighted by atomic mass is 9.95. The first-order valence-corrected chi connectivity index (χ1v) is 15.1. The van der Waals surface area contributed by atoms with Crippen molar-refractivity contribution in [1.82, 2.24) is 20.1 Å². The van der Waals surface area contributed by atoms with Gasteiger partial charge in [0.2, 0.25) is 5.91 Å². The fraction of sp³-hybridized carbons (Fsp3) is 0.250. The number of hydrogen-bond acceptors (Lipinski definition) is 8. The van der Waals surface area contributed by atoms with Crippen molar-refractivity contribution >= 4 is 52.7 Å². The molecule has 3 heterocycles. The highest BCUT2D eigenvalue weighted by molar-refractivity contribution is 6.30. The largest absolute Gasteiger partial charge is 0.490 e. The normalized spacial score (nSPS) is 15.9. The van der Waals surface area contributed by atoms with Gasteiger partial charge >= 0.3 is 18.2 Å². The topological polar surface area (TPSA) is 191 Å². The number of aromatic nitrogens is 3. The van der Waals surface area contributed by atoms with E-state index in [9.17, 15) is 31.9 Å². The maximum Gasteiger partial charge on any atom is 0.490 e. The maximum atomic E-state index is 14.6. The number of alkyl halides is 3. The quantitative estimate of drug-likeness (QED) is 0.150. The number of ether oxygens (including phenoxy) is 1. The second kappa shape index (κ2) is 15.7. The summed E-state index contributed by atoms with van der Waals surface area (Å²) < 4.78 is 52.2. The molecular weight excluding hydrogens is 690 g/mol. The van der Waals surface area contributed by atoms with Gasteiger partial charge in [-0.2, -0.15) is 18.3 Å². The van der Waals surface area contributed by atoms with Crippen LogP contribution < -0.4 is 21.7 Å². The van der Waals surface area contributed by atoms with Gasteiger partial charge in [0, 0.05) is 23.4 Å². The molecule has 2 bridgehead atoms. The number of hydrogen-bond donors (Lipinski definition) is 5. The summed E-state index contributed by atoms with van der Waals surface area (Å²) >= 11 is 5.92. The molecule has 0 fully saturated rings. The van der Waals surface area contributed by atoms with E-state index in [4.69, 9.17) is 27.2 Å². The van der Waals surface area contributed by atoms with Crippen molar-refractivity contribution in [3.63, 3.8) is 0 Å². The van der Waals surface area contributed by atoms with Crippen molar-refractivity contribution in [2.75, 3.05) is 23.5 Å². The number of methoxy groups -OCH3 is 1. The van der Waals surface area contributed by atoms with Gasteiger partial charge in [0.25, 0.3) is 5.91 Å². The molecular formula is C32H30ClF4N7O6. The summed E-state index contributed by atoms with van der Waals surface area (Å²) in [5.74, 6) is -4.55. The first kappa shape index (κ1) is 37.1. The lowest BCUT2D eigenvalue weighted by Crippen LogP contribution is -2.30. The van der Waals surface area contributed by atoms with Gasteiger partial charge in [0.1, 0.15) is 17.1 Å². The number of carbonyl (C=O) groups is 4. The van der Waals surface area contributed by atoms with Crippen LogP contribution >= 0.6 is 11.6 Å². The third kappa shape index (κ3) is 8.84. The molecule has 5 rings (SSSR count). The van der Waals surface area contributed by atoms with Crippen LogP contribution in [0.15, 0.2) is 60.9 Å². The van der Waals surface area contributed by atoms with E-state index in [1.165, 1.54) is 25.4 Å². The van der Waals surface area contributed by atoms with Gasteiger partial charge in [0.15, 0.2) is 5.82 Å². The van der Waals surface area contributed by atoms with Crippen LogP contribution in [-0.2, 0) is 14.3 Å². The van der Waals surface area contributed by atoms with Gasteiger partial charge in [-0.15, -0.1) is 0 Å². The summed E-state index contributed by atoms with van der Waals surface area (Å²) in [6.45, 7) is 1.83. The van der Waals surface area contributed by atoms with Crippen LogP contribution in [-0.4, -0.2) is 57.0 Å². The zero-order valence-electron chi connectivity index (χ0n) is 26.3. The minimum atomic E-state index is -5.08. The molecule has 1 aliphatic rings. The molecule has 4 aromatic rings. The molecule has 50 heavy (non-hydrogen) atoms. The standard InChI is InChI=1S/C30H29ClFN7O4.C2HF3O2/c1-16-5-3-7-22(37-29(41)20-15-35-39(27(20)33)25-8-4-6-21(31)26(25)32)24-13-17(11-12-34-24)19-10-9-18(36-30(42)43-2)14-23(19)38-28(16)40;3-2(4,5)1(6)7/h4,6,8-16,22H,3,5,7,33H2,1-2H3,(H,36,42)(H,37,41)(H,38,40);(H,6,7)/t16-,22+;/m1./s1. The Bertz CT molecular complexity index is 1920. The van der Waals surface area contributed by atoms with Crippen LogP contribution in [0, 0.1) is 11.7 Å². The Morgan fingerprint density at radius 1 is 1.14 bits per heavy atom. The van der Waals surface area contributed by atoms with Gasteiger partial charge in [-0.25, -0.2) is 18.7 Å². The number of benzene rings is 2. The zero-order chi connectivity index (χ0) is 36.7. The fourth-order valence-electron chi connectivity index (χ4n) is 4.88. The number of nitrogens with two attached hydrogens (primary N) is 1. The molecule has 18 heteroatoms. The number of nitrogen functional groups attached to an aromatic ring is 1. The van der Waals surface area contributed by atoms with Crippen molar-refractivity contribution in [2.24, 2.45) is 5.92 Å². The number of aliphatic carboxylic acids is 1. The van der Waals surface area contributed by atoms with Gasteiger partial charge in [-0.3, -0.25) is 19.9 Å². The number of halogens is 5. The molecule has 0 unspecified atom stereocenters. The van der Waals surface area contributed by atoms with Gasteiger partial charge < -0.3 is 26.2 Å². The van der Waals surface area contributed by atoms with Crippen LogP contribution in [0.25, 0.3) is 16.8 Å². The maximum absolute atomic E-state index is 14.6. The number of amides is 3. The molecule has 0 saturated carbocycles. The number of pyridine rings is 1. The molecule has 0 saturated heterocycles. The second-order valence-corrected chi connectivity index (χ2v) is 11.3. The van der Waals surface area contributed by atoms with E-state index < -0.39 is 36.0 Å². The number of nitrogens with zero attached hydrogens (tertiary/aromatic N) is 3. The van der Waals surface area contributed by atoms with Gasteiger partial charge in [-0.1, -0.05) is 37.1 Å². The number of anilines is 3. The molecule has 13 nitrogen and oxygen atoms in total. The second-order valence-electron chi connectivity index (χ2n) is 10.9. The number of fused-ring (bicyclic) bond motifs is 4. The molecule has 1 aliphatic heterocycles. The lowest BCUT2D eigenvalue weighted by molar-refractivity contribution is -0.192.